The Morgan fingerprint density at radius 3 is 2.29 bits per heavy atom. The van der Waals surface area contributed by atoms with E-state index in [0.717, 1.165) is 0 Å². The second kappa shape index (κ2) is 3.56. The van der Waals surface area contributed by atoms with Gasteiger partial charge in [-0.15, -0.1) is 0 Å². The Bertz CT molecular complexity index is 331. The molecule has 0 bridgehead atoms. The molecule has 0 heterocycles. The van der Waals surface area contributed by atoms with Crippen molar-refractivity contribution in [2.24, 2.45) is 4.99 Å². The van der Waals surface area contributed by atoms with Crippen molar-refractivity contribution < 1.29 is 0 Å². The van der Waals surface area contributed by atoms with Crippen LogP contribution in [0.1, 0.15) is 30.4 Å². The Balaban J connectivity index is 2.32. The first-order valence-electron chi connectivity index (χ1n) is 5.27. The Kier molecular flexibility index (Phi) is 2.40. The van der Waals surface area contributed by atoms with E-state index in [4.69, 9.17) is 0 Å². The van der Waals surface area contributed by atoms with Crippen molar-refractivity contribution in [1.82, 2.24) is 0 Å². The predicted octanol–water partition coefficient (Wildman–Crippen LogP) is 3.12. The van der Waals surface area contributed by atoms with Crippen molar-refractivity contribution >= 4 is 6.21 Å². The highest BCUT2D eigenvalue weighted by Crippen LogP contribution is 2.42. The van der Waals surface area contributed by atoms with Gasteiger partial charge in [0.15, 0.2) is 0 Å². The lowest BCUT2D eigenvalue weighted by molar-refractivity contribution is 0.348. The van der Waals surface area contributed by atoms with Crippen molar-refractivity contribution in [3.8, 4) is 0 Å². The fourth-order valence-corrected chi connectivity index (χ4v) is 2.18. The van der Waals surface area contributed by atoms with Gasteiger partial charge in [-0.2, -0.15) is 0 Å². The molecule has 14 heavy (non-hydrogen) atoms. The second-order valence-corrected chi connectivity index (χ2v) is 4.26. The van der Waals surface area contributed by atoms with Gasteiger partial charge in [-0.25, -0.2) is 0 Å². The molecule has 1 aromatic carbocycles. The highest BCUT2D eigenvalue weighted by Gasteiger charge is 2.36. The van der Waals surface area contributed by atoms with Crippen LogP contribution in [0.4, 0.5) is 0 Å². The van der Waals surface area contributed by atoms with Gasteiger partial charge in [0, 0.05) is 18.7 Å². The van der Waals surface area contributed by atoms with E-state index in [0.29, 0.717) is 0 Å². The van der Waals surface area contributed by atoms with Gasteiger partial charge in [-0.1, -0.05) is 36.2 Å². The first-order chi connectivity index (χ1) is 6.77. The minimum absolute atomic E-state index is 0.266. The summed E-state index contributed by atoms with van der Waals surface area (Å²) in [5.41, 5.74) is 3.03. The molecule has 0 unspecified atom stereocenters. The van der Waals surface area contributed by atoms with Crippen molar-refractivity contribution in [3.63, 3.8) is 0 Å². The van der Waals surface area contributed by atoms with Crippen molar-refractivity contribution in [2.75, 3.05) is 7.05 Å². The van der Waals surface area contributed by atoms with Gasteiger partial charge in [0.1, 0.15) is 0 Å². The maximum atomic E-state index is 4.20. The molecule has 1 heteroatoms. The number of hydrogen-bond acceptors (Lipinski definition) is 1. The summed E-state index contributed by atoms with van der Waals surface area (Å²) in [4.78, 5) is 4.20. The van der Waals surface area contributed by atoms with Crippen LogP contribution >= 0.6 is 0 Å². The van der Waals surface area contributed by atoms with E-state index in [1.165, 1.54) is 30.4 Å². The van der Waals surface area contributed by atoms with E-state index in [2.05, 4.69) is 42.4 Å². The monoisotopic (exact) mass is 187 g/mol. The standard InChI is InChI=1S/C13H17N/c1-11-4-6-12(7-5-11)13(10-14-2)8-3-9-13/h4-7,10H,3,8-9H2,1-2H3. The Labute approximate surface area is 85.9 Å². The summed E-state index contributed by atoms with van der Waals surface area (Å²) in [6.45, 7) is 2.13. The Hall–Kier alpha value is -1.11. The average Bonchev–Trinajstić information content (AvgIpc) is 2.13. The lowest BCUT2D eigenvalue weighted by atomic mass is 9.65. The van der Waals surface area contributed by atoms with Gasteiger partial charge in [-0.05, 0) is 25.3 Å². The zero-order valence-corrected chi connectivity index (χ0v) is 8.96. The van der Waals surface area contributed by atoms with Crippen molar-refractivity contribution in [3.05, 3.63) is 35.4 Å². The second-order valence-electron chi connectivity index (χ2n) is 4.26. The van der Waals surface area contributed by atoms with Crippen molar-refractivity contribution in [2.45, 2.75) is 31.6 Å². The number of rotatable bonds is 2. The summed E-state index contributed by atoms with van der Waals surface area (Å²) in [6, 6.07) is 8.88. The van der Waals surface area contributed by atoms with Crippen molar-refractivity contribution in [1.29, 1.82) is 0 Å². The number of aryl methyl sites for hydroxylation is 1. The molecule has 2 rings (SSSR count). The van der Waals surface area contributed by atoms with Crippen LogP contribution in [-0.2, 0) is 5.41 Å². The molecule has 1 aromatic rings. The number of aliphatic imine (C=N–C) groups is 1. The average molecular weight is 187 g/mol. The Morgan fingerprint density at radius 1 is 1.21 bits per heavy atom. The van der Waals surface area contributed by atoms with E-state index in [9.17, 15) is 0 Å². The lowest BCUT2D eigenvalue weighted by Gasteiger charge is -2.39. The van der Waals surface area contributed by atoms with Gasteiger partial charge >= 0.3 is 0 Å². The zero-order chi connectivity index (χ0) is 10.0. The molecule has 1 saturated carbocycles. The van der Waals surface area contributed by atoms with Gasteiger partial charge in [0.25, 0.3) is 0 Å². The molecule has 0 aromatic heterocycles. The Morgan fingerprint density at radius 2 is 1.86 bits per heavy atom. The first kappa shape index (κ1) is 9.45. The fourth-order valence-electron chi connectivity index (χ4n) is 2.18. The fraction of sp³-hybridized carbons (Fsp3) is 0.462. The molecule has 1 aliphatic carbocycles. The molecule has 74 valence electrons. The summed E-state index contributed by atoms with van der Waals surface area (Å²) < 4.78 is 0. The molecular formula is C13H17N. The topological polar surface area (TPSA) is 12.4 Å². The van der Waals surface area contributed by atoms with Crippen LogP contribution in [0.3, 0.4) is 0 Å². The highest BCUT2D eigenvalue weighted by molar-refractivity contribution is 5.75. The summed E-state index contributed by atoms with van der Waals surface area (Å²) in [6.07, 6.45) is 5.97. The third kappa shape index (κ3) is 1.47. The molecule has 0 atom stereocenters. The van der Waals surface area contributed by atoms with Crippen LogP contribution in [-0.4, -0.2) is 13.3 Å². The van der Waals surface area contributed by atoms with Crippen LogP contribution in [0.25, 0.3) is 0 Å². The third-order valence-electron chi connectivity index (χ3n) is 3.25. The maximum Gasteiger partial charge on any atom is 0.0301 e. The molecule has 1 fully saturated rings. The summed E-state index contributed by atoms with van der Waals surface area (Å²) in [5, 5.41) is 0. The summed E-state index contributed by atoms with van der Waals surface area (Å²) >= 11 is 0. The van der Waals surface area contributed by atoms with Gasteiger partial charge in [0.05, 0.1) is 0 Å². The van der Waals surface area contributed by atoms with Crippen LogP contribution in [0.15, 0.2) is 29.3 Å². The molecule has 0 amide bonds. The van der Waals surface area contributed by atoms with Crippen LogP contribution in [0.5, 0.6) is 0 Å². The first-order valence-corrected chi connectivity index (χ1v) is 5.27. The molecule has 0 radical (unpaired) electrons. The predicted molar refractivity (Wildman–Crippen MR) is 61.1 cm³/mol. The van der Waals surface area contributed by atoms with E-state index in [-0.39, 0.29) is 5.41 Å². The maximum absolute atomic E-state index is 4.20. The quantitative estimate of drug-likeness (QED) is 0.631. The highest BCUT2D eigenvalue weighted by atomic mass is 14.7. The molecule has 1 nitrogen and oxygen atoms in total. The minimum Gasteiger partial charge on any atom is -0.300 e. The number of nitrogens with zero attached hydrogens (tertiary/aromatic N) is 1. The normalized spacial score (nSPS) is 19.6. The van der Waals surface area contributed by atoms with Crippen LogP contribution in [0.2, 0.25) is 0 Å². The number of hydrogen-bond donors (Lipinski definition) is 0. The van der Waals surface area contributed by atoms with Gasteiger partial charge < -0.3 is 0 Å². The lowest BCUT2D eigenvalue weighted by Crippen LogP contribution is -2.35. The van der Waals surface area contributed by atoms with Crippen LogP contribution in [0, 0.1) is 6.92 Å². The molecular weight excluding hydrogens is 170 g/mol. The van der Waals surface area contributed by atoms with E-state index < -0.39 is 0 Å². The molecule has 0 saturated heterocycles. The van der Waals surface area contributed by atoms with Gasteiger partial charge in [0.2, 0.25) is 0 Å². The third-order valence-corrected chi connectivity index (χ3v) is 3.25. The molecule has 0 spiro atoms. The summed E-state index contributed by atoms with van der Waals surface area (Å²) in [7, 11) is 1.87. The van der Waals surface area contributed by atoms with E-state index in [1.54, 1.807) is 0 Å². The largest absolute Gasteiger partial charge is 0.300 e. The smallest absolute Gasteiger partial charge is 0.0301 e. The van der Waals surface area contributed by atoms with E-state index in [1.807, 2.05) is 7.05 Å². The molecule has 0 aliphatic heterocycles. The van der Waals surface area contributed by atoms with Crippen LogP contribution < -0.4 is 0 Å². The molecule has 1 aliphatic rings. The SMILES string of the molecule is CN=CC1(c2ccc(C)cc2)CCC1. The van der Waals surface area contributed by atoms with Gasteiger partial charge in [-0.3, -0.25) is 4.99 Å². The number of benzene rings is 1. The van der Waals surface area contributed by atoms with E-state index >= 15 is 0 Å². The summed E-state index contributed by atoms with van der Waals surface area (Å²) in [5.74, 6) is 0. The molecule has 0 N–H and O–H groups in total. The minimum atomic E-state index is 0.266. The zero-order valence-electron chi connectivity index (χ0n) is 8.96.